The molecule has 0 saturated heterocycles. The summed E-state index contributed by atoms with van der Waals surface area (Å²) in [4.78, 5) is 25.8. The standard InChI is InChI=1S/C18H20N4O3/c1-18-9-5-4-8-15(18)22(14-7-3-2-6-12(14)18)17(25)13-10-21(20-19-13)11-16(23)24/h2-3,6-7,10,15H,4-5,8-9,11H2,1H3,(H,23,24)/t15-,18-/m1/s1. The number of aliphatic carboxylic acids is 1. The number of aromatic nitrogens is 3. The largest absolute Gasteiger partial charge is 0.480 e. The number of para-hydroxylation sites is 1. The first-order valence-electron chi connectivity index (χ1n) is 8.56. The van der Waals surface area contributed by atoms with E-state index in [0.29, 0.717) is 0 Å². The normalized spacial score (nSPS) is 24.7. The van der Waals surface area contributed by atoms with Crippen molar-refractivity contribution in [3.8, 4) is 0 Å². The highest BCUT2D eigenvalue weighted by atomic mass is 16.4. The lowest BCUT2D eigenvalue weighted by atomic mass is 9.69. The van der Waals surface area contributed by atoms with Crippen LogP contribution in [0, 0.1) is 0 Å². The Morgan fingerprint density at radius 3 is 2.92 bits per heavy atom. The quantitative estimate of drug-likeness (QED) is 0.925. The number of amides is 1. The van der Waals surface area contributed by atoms with Crippen LogP contribution >= 0.6 is 0 Å². The van der Waals surface area contributed by atoms with E-state index in [-0.39, 0.29) is 29.6 Å². The van der Waals surface area contributed by atoms with E-state index in [1.54, 1.807) is 0 Å². The maximum Gasteiger partial charge on any atom is 0.325 e. The molecule has 0 radical (unpaired) electrons. The summed E-state index contributed by atoms with van der Waals surface area (Å²) in [6.45, 7) is 1.93. The van der Waals surface area contributed by atoms with Gasteiger partial charge in [0.25, 0.3) is 5.91 Å². The zero-order valence-corrected chi connectivity index (χ0v) is 14.1. The van der Waals surface area contributed by atoms with E-state index in [1.165, 1.54) is 16.4 Å². The zero-order valence-electron chi connectivity index (χ0n) is 14.1. The molecule has 2 atom stereocenters. The fraction of sp³-hybridized carbons (Fsp3) is 0.444. The van der Waals surface area contributed by atoms with Crippen LogP contribution in [0.4, 0.5) is 5.69 Å². The summed E-state index contributed by atoms with van der Waals surface area (Å²) in [5, 5.41) is 16.5. The number of hydrogen-bond donors (Lipinski definition) is 1. The van der Waals surface area contributed by atoms with Gasteiger partial charge in [0, 0.05) is 17.1 Å². The molecule has 0 spiro atoms. The van der Waals surface area contributed by atoms with E-state index in [0.717, 1.165) is 31.4 Å². The molecule has 1 aromatic carbocycles. The molecule has 1 amide bonds. The van der Waals surface area contributed by atoms with E-state index in [9.17, 15) is 9.59 Å². The first-order chi connectivity index (χ1) is 12.0. The minimum absolute atomic E-state index is 0.0401. The molecule has 25 heavy (non-hydrogen) atoms. The molecular weight excluding hydrogens is 320 g/mol. The van der Waals surface area contributed by atoms with Crippen LogP contribution in [-0.4, -0.2) is 38.0 Å². The van der Waals surface area contributed by atoms with Crippen molar-refractivity contribution in [2.75, 3.05) is 4.90 Å². The third-order valence-corrected chi connectivity index (χ3v) is 5.52. The van der Waals surface area contributed by atoms with Gasteiger partial charge in [-0.05, 0) is 24.5 Å². The molecule has 4 rings (SSSR count). The number of carbonyl (C=O) groups excluding carboxylic acids is 1. The number of carbonyl (C=O) groups is 2. The first kappa shape index (κ1) is 15.8. The first-order valence-corrected chi connectivity index (χ1v) is 8.56. The molecule has 130 valence electrons. The van der Waals surface area contributed by atoms with Gasteiger partial charge in [0.15, 0.2) is 5.69 Å². The predicted molar refractivity (Wildman–Crippen MR) is 90.5 cm³/mol. The highest BCUT2D eigenvalue weighted by Gasteiger charge is 2.51. The lowest BCUT2D eigenvalue weighted by Crippen LogP contribution is -2.48. The Morgan fingerprint density at radius 1 is 1.32 bits per heavy atom. The molecule has 7 nitrogen and oxygen atoms in total. The number of benzene rings is 1. The lowest BCUT2D eigenvalue weighted by molar-refractivity contribution is -0.137. The molecule has 1 N–H and O–H groups in total. The number of rotatable bonds is 3. The summed E-state index contributed by atoms with van der Waals surface area (Å²) >= 11 is 0. The van der Waals surface area contributed by atoms with Crippen molar-refractivity contribution in [1.29, 1.82) is 0 Å². The van der Waals surface area contributed by atoms with Crippen molar-refractivity contribution in [3.05, 3.63) is 41.7 Å². The molecule has 2 aliphatic rings. The van der Waals surface area contributed by atoms with Crippen LogP contribution in [0.3, 0.4) is 0 Å². The predicted octanol–water partition coefficient (Wildman–Crippen LogP) is 2.22. The smallest absolute Gasteiger partial charge is 0.325 e. The third-order valence-electron chi connectivity index (χ3n) is 5.52. The van der Waals surface area contributed by atoms with Gasteiger partial charge in [-0.1, -0.05) is 43.2 Å². The van der Waals surface area contributed by atoms with Crippen molar-refractivity contribution in [2.24, 2.45) is 0 Å². The number of carboxylic acid groups (broad SMARTS) is 1. The van der Waals surface area contributed by atoms with Gasteiger partial charge in [-0.25, -0.2) is 4.68 Å². The van der Waals surface area contributed by atoms with Crippen molar-refractivity contribution in [3.63, 3.8) is 0 Å². The fourth-order valence-corrected chi connectivity index (χ4v) is 4.36. The van der Waals surface area contributed by atoms with E-state index in [1.807, 2.05) is 23.1 Å². The number of anilines is 1. The fourth-order valence-electron chi connectivity index (χ4n) is 4.36. The van der Waals surface area contributed by atoms with Gasteiger partial charge in [-0.2, -0.15) is 0 Å². The molecule has 1 aromatic heterocycles. The Labute approximate surface area is 145 Å². The molecule has 2 aromatic rings. The van der Waals surface area contributed by atoms with E-state index >= 15 is 0 Å². The van der Waals surface area contributed by atoms with Crippen molar-refractivity contribution in [2.45, 2.75) is 50.6 Å². The van der Waals surface area contributed by atoms with Crippen LogP contribution in [0.25, 0.3) is 0 Å². The van der Waals surface area contributed by atoms with Crippen LogP contribution in [0.15, 0.2) is 30.5 Å². The Balaban J connectivity index is 1.72. The molecular formula is C18H20N4O3. The van der Waals surface area contributed by atoms with Crippen LogP contribution in [0.5, 0.6) is 0 Å². The van der Waals surface area contributed by atoms with E-state index in [2.05, 4.69) is 23.3 Å². The topological polar surface area (TPSA) is 88.3 Å². The van der Waals surface area contributed by atoms with Crippen LogP contribution in [-0.2, 0) is 16.8 Å². The molecule has 0 unspecified atom stereocenters. The molecule has 1 fully saturated rings. The Kier molecular flexibility index (Phi) is 3.59. The van der Waals surface area contributed by atoms with Crippen molar-refractivity contribution < 1.29 is 14.7 Å². The molecule has 1 saturated carbocycles. The van der Waals surface area contributed by atoms with Crippen molar-refractivity contribution >= 4 is 17.6 Å². The summed E-state index contributed by atoms with van der Waals surface area (Å²) in [6.07, 6.45) is 5.70. The molecule has 0 bridgehead atoms. The highest BCUT2D eigenvalue weighted by molar-refractivity contribution is 6.07. The zero-order chi connectivity index (χ0) is 17.6. The maximum absolute atomic E-state index is 13.2. The maximum atomic E-state index is 13.2. The summed E-state index contributed by atoms with van der Waals surface area (Å²) in [5.41, 5.74) is 2.30. The molecule has 2 heterocycles. The average molecular weight is 340 g/mol. The minimum atomic E-state index is -1.02. The lowest BCUT2D eigenvalue weighted by Gasteiger charge is -2.39. The van der Waals surface area contributed by atoms with Crippen LogP contribution in [0.2, 0.25) is 0 Å². The highest BCUT2D eigenvalue weighted by Crippen LogP contribution is 2.52. The van der Waals surface area contributed by atoms with E-state index in [4.69, 9.17) is 5.11 Å². The van der Waals surface area contributed by atoms with Gasteiger partial charge in [0.1, 0.15) is 6.54 Å². The number of carboxylic acids is 1. The molecule has 1 aliphatic carbocycles. The second kappa shape index (κ2) is 5.68. The summed E-state index contributed by atoms with van der Waals surface area (Å²) < 4.78 is 1.18. The second-order valence-corrected chi connectivity index (χ2v) is 7.07. The van der Waals surface area contributed by atoms with Gasteiger partial charge in [-0.15, -0.1) is 5.10 Å². The van der Waals surface area contributed by atoms with Crippen molar-refractivity contribution in [1.82, 2.24) is 15.0 Å². The Morgan fingerprint density at radius 2 is 2.12 bits per heavy atom. The Hall–Kier alpha value is -2.70. The molecule has 1 aliphatic heterocycles. The van der Waals surface area contributed by atoms with Crippen LogP contribution in [0.1, 0.15) is 48.7 Å². The summed E-state index contributed by atoms with van der Waals surface area (Å²) in [6, 6.07) is 8.17. The van der Waals surface area contributed by atoms with Gasteiger partial charge in [0.05, 0.1) is 6.20 Å². The van der Waals surface area contributed by atoms with Gasteiger partial charge < -0.3 is 10.0 Å². The van der Waals surface area contributed by atoms with Gasteiger partial charge in [-0.3, -0.25) is 9.59 Å². The number of fused-ring (bicyclic) bond motifs is 3. The SMILES string of the molecule is C[C@]12CCCC[C@H]1N(C(=O)c1cn(CC(=O)O)nn1)c1ccccc12. The van der Waals surface area contributed by atoms with Crippen LogP contribution < -0.4 is 4.90 Å². The van der Waals surface area contributed by atoms with Gasteiger partial charge in [0.2, 0.25) is 0 Å². The Bertz CT molecular complexity index is 846. The number of hydrogen-bond acceptors (Lipinski definition) is 4. The second-order valence-electron chi connectivity index (χ2n) is 7.07. The van der Waals surface area contributed by atoms with E-state index < -0.39 is 5.97 Å². The molecule has 7 heteroatoms. The summed E-state index contributed by atoms with van der Waals surface area (Å²) in [5.74, 6) is -1.23. The summed E-state index contributed by atoms with van der Waals surface area (Å²) in [7, 11) is 0. The average Bonchev–Trinajstić information content (AvgIpc) is 3.14. The third kappa shape index (κ3) is 2.42. The minimum Gasteiger partial charge on any atom is -0.480 e. The monoisotopic (exact) mass is 340 g/mol. The van der Waals surface area contributed by atoms with Gasteiger partial charge >= 0.3 is 5.97 Å². The number of nitrogens with zero attached hydrogens (tertiary/aromatic N) is 4.